The van der Waals surface area contributed by atoms with Crippen molar-refractivity contribution in [2.45, 2.75) is 78.3 Å². The van der Waals surface area contributed by atoms with Crippen LogP contribution < -0.4 is 5.32 Å². The number of aromatic amines is 1. The van der Waals surface area contributed by atoms with Crippen molar-refractivity contribution in [1.29, 1.82) is 0 Å². The third kappa shape index (κ3) is 5.29. The maximum atomic E-state index is 11.5. The molecular formula is C34H38N4O4. The Kier molecular flexibility index (Phi) is 7.91. The van der Waals surface area contributed by atoms with Gasteiger partial charge < -0.3 is 20.5 Å². The van der Waals surface area contributed by atoms with Gasteiger partial charge in [-0.3, -0.25) is 19.6 Å². The lowest BCUT2D eigenvalue weighted by Crippen LogP contribution is -2.27. The van der Waals surface area contributed by atoms with Crippen molar-refractivity contribution in [2.75, 3.05) is 0 Å². The number of nitrogens with zero attached hydrogens (tertiary/aromatic N) is 2. The van der Waals surface area contributed by atoms with Gasteiger partial charge in [0.15, 0.2) is 0 Å². The van der Waals surface area contributed by atoms with Gasteiger partial charge in [-0.1, -0.05) is 25.3 Å². The molecule has 5 rings (SSSR count). The van der Waals surface area contributed by atoms with E-state index in [0.29, 0.717) is 25.7 Å². The van der Waals surface area contributed by atoms with Gasteiger partial charge in [0.2, 0.25) is 0 Å². The number of aromatic nitrogens is 1. The number of aliphatic carboxylic acids is 2. The van der Waals surface area contributed by atoms with E-state index in [1.54, 1.807) is 0 Å². The largest absolute Gasteiger partial charge is 0.481 e. The fraction of sp³-hybridized carbons (Fsp3) is 0.353. The van der Waals surface area contributed by atoms with E-state index >= 15 is 0 Å². The summed E-state index contributed by atoms with van der Waals surface area (Å²) in [5.41, 5.74) is 13.6. The average Bonchev–Trinajstić information content (AvgIpc) is 3.59. The fourth-order valence-corrected chi connectivity index (χ4v) is 6.53. The summed E-state index contributed by atoms with van der Waals surface area (Å²) in [6.07, 6.45) is 9.82. The summed E-state index contributed by atoms with van der Waals surface area (Å²) in [4.78, 5) is 36.9. The lowest BCUT2D eigenvalue weighted by Gasteiger charge is -2.15. The molecule has 4 N–H and O–H groups in total. The molecule has 2 unspecified atom stereocenters. The molecule has 4 aliphatic heterocycles. The second-order valence-corrected chi connectivity index (χ2v) is 11.4. The summed E-state index contributed by atoms with van der Waals surface area (Å²) >= 11 is 0. The number of carboxylic acids is 2. The molecule has 0 saturated carbocycles. The van der Waals surface area contributed by atoms with Crippen LogP contribution in [0.2, 0.25) is 0 Å². The first-order valence-electron chi connectivity index (χ1n) is 14.4. The molecule has 4 aliphatic rings. The van der Waals surface area contributed by atoms with E-state index in [4.69, 9.17) is 9.98 Å². The molecule has 1 aromatic heterocycles. The van der Waals surface area contributed by atoms with Gasteiger partial charge >= 0.3 is 11.9 Å². The van der Waals surface area contributed by atoms with Crippen molar-refractivity contribution < 1.29 is 19.8 Å². The number of carboxylic acid groups (broad SMARTS) is 2. The number of hydrogen-bond donors (Lipinski definition) is 4. The Hall–Kier alpha value is -4.46. The molecule has 42 heavy (non-hydrogen) atoms. The Morgan fingerprint density at radius 1 is 0.976 bits per heavy atom. The summed E-state index contributed by atoms with van der Waals surface area (Å²) in [6, 6.07) is -0.260. The standard InChI is InChI=1S/C34H38N4O4/c1-7-21-17(3)25-13-26-19(5)23(9-11-33(39)40)31(37-26)16-32-24(10-12-34(41)42)20(6)28(38-32)15-30-22(8-2)18(4)27(36-30)14-29(21)35-25/h7-8,13,15,29,31,35-36H,1-2,9-12,14,16H2,3-6H3,(H,39,40)(H,41,42)/b25-13-,28-15?. The number of hydrogen-bond acceptors (Lipinski definition) is 5. The van der Waals surface area contributed by atoms with Crippen LogP contribution in [0.1, 0.15) is 75.4 Å². The first-order chi connectivity index (χ1) is 20.0. The van der Waals surface area contributed by atoms with E-state index in [2.05, 4.69) is 43.4 Å². The first kappa shape index (κ1) is 29.0. The number of fused-ring (bicyclic) bond motifs is 6. The highest BCUT2D eigenvalue weighted by Crippen LogP contribution is 2.38. The van der Waals surface area contributed by atoms with E-state index in [0.717, 1.165) is 78.8 Å². The molecule has 8 heteroatoms. The molecule has 8 bridgehead atoms. The molecule has 0 saturated heterocycles. The third-order valence-corrected chi connectivity index (χ3v) is 8.96. The van der Waals surface area contributed by atoms with Crippen LogP contribution in [0.15, 0.2) is 80.1 Å². The maximum Gasteiger partial charge on any atom is 0.303 e. The molecule has 1 aromatic rings. The van der Waals surface area contributed by atoms with Crippen molar-refractivity contribution in [2.24, 2.45) is 9.98 Å². The molecule has 5 heterocycles. The zero-order valence-electron chi connectivity index (χ0n) is 24.7. The summed E-state index contributed by atoms with van der Waals surface area (Å²) in [5.74, 6) is -1.71. The van der Waals surface area contributed by atoms with Crippen molar-refractivity contribution in [1.82, 2.24) is 10.3 Å². The Morgan fingerprint density at radius 3 is 2.36 bits per heavy atom. The molecule has 0 amide bonds. The van der Waals surface area contributed by atoms with Gasteiger partial charge in [-0.15, -0.1) is 0 Å². The second kappa shape index (κ2) is 11.4. The molecule has 0 radical (unpaired) electrons. The van der Waals surface area contributed by atoms with Crippen molar-refractivity contribution in [3.05, 3.63) is 92.7 Å². The van der Waals surface area contributed by atoms with Crippen LogP contribution in [0.4, 0.5) is 0 Å². The third-order valence-electron chi connectivity index (χ3n) is 8.96. The summed E-state index contributed by atoms with van der Waals surface area (Å²) in [5, 5.41) is 22.6. The lowest BCUT2D eigenvalue weighted by atomic mass is 9.91. The van der Waals surface area contributed by atoms with Gasteiger partial charge in [-0.05, 0) is 91.7 Å². The van der Waals surface area contributed by atoms with Crippen LogP contribution in [0.5, 0.6) is 0 Å². The van der Waals surface area contributed by atoms with E-state index in [1.165, 1.54) is 0 Å². The number of allylic oxidation sites excluding steroid dienone is 5. The molecule has 218 valence electrons. The highest BCUT2D eigenvalue weighted by Gasteiger charge is 2.32. The van der Waals surface area contributed by atoms with E-state index in [-0.39, 0.29) is 24.9 Å². The predicted octanol–water partition coefficient (Wildman–Crippen LogP) is 6.25. The number of nitrogens with one attached hydrogen (secondary N) is 2. The van der Waals surface area contributed by atoms with Crippen LogP contribution in [0.3, 0.4) is 0 Å². The number of H-pyrrole nitrogens is 1. The van der Waals surface area contributed by atoms with Gasteiger partial charge in [0, 0.05) is 54.0 Å². The molecule has 8 nitrogen and oxygen atoms in total. The minimum absolute atomic E-state index is 0.00103. The van der Waals surface area contributed by atoms with Gasteiger partial charge in [0.05, 0.1) is 23.5 Å². The molecule has 0 aliphatic carbocycles. The van der Waals surface area contributed by atoms with Crippen LogP contribution in [0, 0.1) is 6.92 Å². The van der Waals surface area contributed by atoms with Gasteiger partial charge in [-0.25, -0.2) is 0 Å². The lowest BCUT2D eigenvalue weighted by molar-refractivity contribution is -0.137. The highest BCUT2D eigenvalue weighted by atomic mass is 16.4. The number of carbonyl (C=O) groups is 2. The summed E-state index contributed by atoms with van der Waals surface area (Å²) in [7, 11) is 0. The Labute approximate surface area is 246 Å². The molecule has 0 spiro atoms. The number of rotatable bonds is 8. The first-order valence-corrected chi connectivity index (χ1v) is 14.4. The highest BCUT2D eigenvalue weighted by molar-refractivity contribution is 6.12. The molecular weight excluding hydrogens is 528 g/mol. The molecule has 2 atom stereocenters. The van der Waals surface area contributed by atoms with Gasteiger partial charge in [0.1, 0.15) is 0 Å². The fourth-order valence-electron chi connectivity index (χ4n) is 6.53. The second-order valence-electron chi connectivity index (χ2n) is 11.4. The quantitative estimate of drug-likeness (QED) is 0.296. The Balaban J connectivity index is 1.70. The van der Waals surface area contributed by atoms with Crippen molar-refractivity contribution >= 4 is 35.5 Å². The zero-order chi connectivity index (χ0) is 30.3. The Bertz CT molecular complexity index is 1640. The van der Waals surface area contributed by atoms with Gasteiger partial charge in [0.25, 0.3) is 0 Å². The van der Waals surface area contributed by atoms with Crippen LogP contribution in [-0.4, -0.2) is 50.6 Å². The zero-order valence-corrected chi connectivity index (χ0v) is 24.7. The van der Waals surface area contributed by atoms with E-state index in [1.807, 2.05) is 32.1 Å². The molecule has 0 aromatic carbocycles. The van der Waals surface area contributed by atoms with Gasteiger partial charge in [-0.2, -0.15) is 0 Å². The maximum absolute atomic E-state index is 11.5. The minimum atomic E-state index is -0.861. The van der Waals surface area contributed by atoms with Crippen molar-refractivity contribution in [3.63, 3.8) is 0 Å². The number of aliphatic imine (C=N–C) groups is 2. The van der Waals surface area contributed by atoms with Crippen molar-refractivity contribution in [3.8, 4) is 0 Å². The van der Waals surface area contributed by atoms with Crippen LogP contribution in [0.25, 0.3) is 12.2 Å². The minimum Gasteiger partial charge on any atom is -0.481 e. The topological polar surface area (TPSA) is 127 Å². The monoisotopic (exact) mass is 566 g/mol. The summed E-state index contributed by atoms with van der Waals surface area (Å²) in [6.45, 7) is 16.4. The summed E-state index contributed by atoms with van der Waals surface area (Å²) < 4.78 is 0. The average molecular weight is 567 g/mol. The normalized spacial score (nSPS) is 22.9. The smallest absolute Gasteiger partial charge is 0.303 e. The molecule has 0 fully saturated rings. The van der Waals surface area contributed by atoms with Crippen LogP contribution in [-0.2, 0) is 16.0 Å². The van der Waals surface area contributed by atoms with E-state index in [9.17, 15) is 19.8 Å². The van der Waals surface area contributed by atoms with Crippen LogP contribution >= 0.6 is 0 Å². The SMILES string of the molecule is C=CC1=C(C)/C2=C/C3=NC(CC4=NC(=Cc5[nH]c(c(C)c5C=C)CC1N2)C(C)=C4CCC(=O)O)C(CCC(=O)O)=C3C. The Morgan fingerprint density at radius 2 is 1.69 bits per heavy atom. The van der Waals surface area contributed by atoms with E-state index < -0.39 is 11.9 Å². The predicted molar refractivity (Wildman–Crippen MR) is 168 cm³/mol.